The molecule has 6 rings (SSSR count). The smallest absolute Gasteiger partial charge is 0.298 e. The van der Waals surface area contributed by atoms with Gasteiger partial charge < -0.3 is 24.0 Å². The van der Waals surface area contributed by atoms with Crippen LogP contribution in [0.25, 0.3) is 22.1 Å². The van der Waals surface area contributed by atoms with Crippen LogP contribution in [0.3, 0.4) is 0 Å². The third-order valence-electron chi connectivity index (χ3n) is 8.58. The molecule has 0 saturated carbocycles. The molecule has 2 aromatic carbocycles. The number of benzene rings is 2. The minimum Gasteiger partial charge on any atom is -0.366 e. The number of aryl methyl sites for hydroxylation is 6. The monoisotopic (exact) mass is 739 g/mol. The van der Waals surface area contributed by atoms with Gasteiger partial charge in [0.2, 0.25) is 17.1 Å². The van der Waals surface area contributed by atoms with Crippen LogP contribution in [0.15, 0.2) is 75.1 Å². The standard InChI is InChI=1S/C35H38BrN11O3/c1-7-46-28(18-21(3)40-46)32(49)38-34-43(6)27-20-23(31(37)48)14-15-25(27)44(34)16-9-10-17-45-30-24(36)12-11-13-26(30)42(5)35(45)39-33(50)29-19-22(4)41-47(29)8-2/h9-15,18-20H,7-8,16-17H2,1-6H3,(H2,37,48)/b10-9+,38-34+,39-35+. The third-order valence-corrected chi connectivity index (χ3v) is 9.22. The van der Waals surface area contributed by atoms with Crippen molar-refractivity contribution in [1.82, 2.24) is 37.8 Å². The van der Waals surface area contributed by atoms with Crippen molar-refractivity contribution in [1.29, 1.82) is 0 Å². The minimum absolute atomic E-state index is 0.346. The second kappa shape index (κ2) is 13.7. The number of para-hydroxylation sites is 1. The Labute approximate surface area is 295 Å². The molecule has 14 nitrogen and oxygen atoms in total. The zero-order valence-electron chi connectivity index (χ0n) is 28.8. The average molecular weight is 741 g/mol. The van der Waals surface area contributed by atoms with Crippen molar-refractivity contribution in [2.45, 2.75) is 53.9 Å². The van der Waals surface area contributed by atoms with E-state index in [0.29, 0.717) is 59.9 Å². The number of fused-ring (bicyclic) bond motifs is 2. The first-order chi connectivity index (χ1) is 23.9. The summed E-state index contributed by atoms with van der Waals surface area (Å²) in [4.78, 5) is 48.2. The van der Waals surface area contributed by atoms with Crippen molar-refractivity contribution in [3.05, 3.63) is 105 Å². The van der Waals surface area contributed by atoms with Crippen LogP contribution in [-0.2, 0) is 40.3 Å². The molecule has 258 valence electrons. The Bertz CT molecular complexity index is 2500. The van der Waals surface area contributed by atoms with E-state index in [2.05, 4.69) is 36.1 Å². The van der Waals surface area contributed by atoms with Gasteiger partial charge in [-0.25, -0.2) is 0 Å². The van der Waals surface area contributed by atoms with Gasteiger partial charge in [0.25, 0.3) is 11.8 Å². The summed E-state index contributed by atoms with van der Waals surface area (Å²) in [6.45, 7) is 9.33. The normalized spacial score (nSPS) is 12.7. The van der Waals surface area contributed by atoms with Crippen LogP contribution in [0, 0.1) is 13.8 Å². The molecule has 0 spiro atoms. The number of carbonyl (C=O) groups excluding carboxylic acids is 3. The number of amides is 3. The Balaban J connectivity index is 1.42. The molecule has 4 heterocycles. The van der Waals surface area contributed by atoms with Gasteiger partial charge >= 0.3 is 0 Å². The Hall–Kier alpha value is -5.57. The van der Waals surface area contributed by atoms with Gasteiger partial charge in [0.1, 0.15) is 11.4 Å². The van der Waals surface area contributed by atoms with E-state index in [1.54, 1.807) is 51.3 Å². The van der Waals surface area contributed by atoms with Crippen LogP contribution in [0.1, 0.15) is 56.6 Å². The highest BCUT2D eigenvalue weighted by atomic mass is 79.9. The van der Waals surface area contributed by atoms with Crippen LogP contribution in [0.2, 0.25) is 0 Å². The fraction of sp³-hybridized carbons (Fsp3) is 0.286. The van der Waals surface area contributed by atoms with Gasteiger partial charge in [0.15, 0.2) is 0 Å². The van der Waals surface area contributed by atoms with Crippen molar-refractivity contribution in [2.75, 3.05) is 0 Å². The van der Waals surface area contributed by atoms with Gasteiger partial charge in [0, 0.05) is 50.3 Å². The van der Waals surface area contributed by atoms with Crippen molar-refractivity contribution in [2.24, 2.45) is 29.8 Å². The third kappa shape index (κ3) is 6.19. The molecule has 0 saturated heterocycles. The molecule has 0 unspecified atom stereocenters. The zero-order chi connectivity index (χ0) is 35.9. The predicted octanol–water partition coefficient (Wildman–Crippen LogP) is 3.92. The average Bonchev–Trinajstić information content (AvgIpc) is 3.81. The van der Waals surface area contributed by atoms with Crippen molar-refractivity contribution in [3.63, 3.8) is 0 Å². The Morgan fingerprint density at radius 2 is 1.30 bits per heavy atom. The number of nitrogens with zero attached hydrogens (tertiary/aromatic N) is 10. The molecule has 0 fully saturated rings. The largest absolute Gasteiger partial charge is 0.366 e. The molecule has 0 aliphatic carbocycles. The van der Waals surface area contributed by atoms with E-state index in [-0.39, 0.29) is 5.91 Å². The molecule has 0 radical (unpaired) electrons. The summed E-state index contributed by atoms with van der Waals surface area (Å²) in [5.74, 6) is -1.37. The van der Waals surface area contributed by atoms with Gasteiger partial charge in [-0.2, -0.15) is 20.2 Å². The van der Waals surface area contributed by atoms with Crippen LogP contribution in [0.5, 0.6) is 0 Å². The number of carbonyl (C=O) groups is 3. The number of halogens is 1. The fourth-order valence-corrected chi connectivity index (χ4v) is 6.77. The maximum Gasteiger partial charge on any atom is 0.298 e. The first-order valence-electron chi connectivity index (χ1n) is 16.2. The lowest BCUT2D eigenvalue weighted by molar-refractivity contribution is 0.0977. The van der Waals surface area contributed by atoms with E-state index in [0.717, 1.165) is 32.4 Å². The summed E-state index contributed by atoms with van der Waals surface area (Å²) in [6.07, 6.45) is 3.95. The summed E-state index contributed by atoms with van der Waals surface area (Å²) < 4.78 is 11.7. The molecule has 6 aromatic rings. The number of allylic oxidation sites excluding steroid dienone is 2. The molecule has 50 heavy (non-hydrogen) atoms. The highest BCUT2D eigenvalue weighted by Gasteiger charge is 2.18. The lowest BCUT2D eigenvalue weighted by atomic mass is 10.2. The second-order valence-corrected chi connectivity index (χ2v) is 12.7. The highest BCUT2D eigenvalue weighted by Crippen LogP contribution is 2.23. The minimum atomic E-state index is -0.552. The van der Waals surface area contributed by atoms with Crippen molar-refractivity contribution >= 4 is 55.7 Å². The lowest BCUT2D eigenvalue weighted by Gasteiger charge is -2.05. The molecule has 0 aliphatic heterocycles. The Kier molecular flexibility index (Phi) is 9.43. The molecule has 0 atom stereocenters. The Morgan fingerprint density at radius 3 is 1.86 bits per heavy atom. The van der Waals surface area contributed by atoms with E-state index < -0.39 is 11.8 Å². The van der Waals surface area contributed by atoms with Gasteiger partial charge in [-0.15, -0.1) is 0 Å². The summed E-state index contributed by atoms with van der Waals surface area (Å²) >= 11 is 3.70. The van der Waals surface area contributed by atoms with Crippen LogP contribution < -0.4 is 17.0 Å². The summed E-state index contributed by atoms with van der Waals surface area (Å²) in [6, 6.07) is 14.5. The fourth-order valence-electron chi connectivity index (χ4n) is 6.20. The quantitative estimate of drug-likeness (QED) is 0.223. The van der Waals surface area contributed by atoms with Crippen LogP contribution in [-0.4, -0.2) is 55.6 Å². The summed E-state index contributed by atoms with van der Waals surface area (Å²) in [5, 5.41) is 8.82. The molecular weight excluding hydrogens is 702 g/mol. The molecule has 15 heteroatoms. The predicted molar refractivity (Wildman–Crippen MR) is 192 cm³/mol. The maximum atomic E-state index is 13.5. The van der Waals surface area contributed by atoms with Crippen molar-refractivity contribution < 1.29 is 14.4 Å². The molecule has 2 N–H and O–H groups in total. The van der Waals surface area contributed by atoms with Gasteiger partial charge in [0.05, 0.1) is 33.5 Å². The number of imidazole rings is 2. The molecule has 0 bridgehead atoms. The van der Waals surface area contributed by atoms with Crippen molar-refractivity contribution in [3.8, 4) is 0 Å². The second-order valence-electron chi connectivity index (χ2n) is 11.9. The number of nitrogens with two attached hydrogens (primary N) is 1. The van der Waals surface area contributed by atoms with E-state index in [9.17, 15) is 14.4 Å². The Morgan fingerprint density at radius 1 is 0.760 bits per heavy atom. The molecule has 4 aromatic heterocycles. The SMILES string of the molecule is CCn1nc(C)cc1C(=O)/N=c1\n(C)c2cc(C(N)=O)ccc2n1C/C=C/Cn1/c(=N/C(=O)c2cc(C)nn2CC)n(C)c2cccc(Br)c21. The highest BCUT2D eigenvalue weighted by molar-refractivity contribution is 9.10. The number of primary amides is 1. The molecule has 3 amide bonds. The number of hydrogen-bond donors (Lipinski definition) is 1. The topological polar surface area (TPSA) is 157 Å². The lowest BCUT2D eigenvalue weighted by Crippen LogP contribution is -2.27. The number of aromatic nitrogens is 8. The van der Waals surface area contributed by atoms with E-state index in [1.807, 2.05) is 78.8 Å². The molecular formula is C35H38BrN11O3. The maximum absolute atomic E-state index is 13.5. The van der Waals surface area contributed by atoms with Crippen LogP contribution >= 0.6 is 15.9 Å². The first-order valence-corrected chi connectivity index (χ1v) is 17.0. The van der Waals surface area contributed by atoms with Crippen LogP contribution in [0.4, 0.5) is 0 Å². The summed E-state index contributed by atoms with van der Waals surface area (Å²) in [7, 11) is 3.68. The number of hydrogen-bond acceptors (Lipinski definition) is 5. The summed E-state index contributed by atoms with van der Waals surface area (Å²) in [5.41, 5.74) is 12.3. The van der Waals surface area contributed by atoms with E-state index in [1.165, 1.54) is 0 Å². The van der Waals surface area contributed by atoms with E-state index in [4.69, 9.17) is 5.73 Å². The van der Waals surface area contributed by atoms with Gasteiger partial charge in [-0.05, 0) is 86.1 Å². The van der Waals surface area contributed by atoms with E-state index >= 15 is 0 Å². The number of rotatable bonds is 9. The zero-order valence-corrected chi connectivity index (χ0v) is 30.3. The molecule has 0 aliphatic rings. The van der Waals surface area contributed by atoms with Gasteiger partial charge in [-0.1, -0.05) is 18.2 Å². The van der Waals surface area contributed by atoms with Gasteiger partial charge in [-0.3, -0.25) is 23.7 Å². The first kappa shape index (κ1) is 34.3.